The Bertz CT molecular complexity index is 860. The molecule has 3 rings (SSSR count). The molecule has 0 aliphatic rings. The van der Waals surface area contributed by atoms with Crippen molar-refractivity contribution in [3.63, 3.8) is 0 Å². The van der Waals surface area contributed by atoms with Crippen molar-refractivity contribution >= 4 is 16.9 Å². The van der Waals surface area contributed by atoms with E-state index < -0.39 is 11.6 Å². The number of nitrogen functional groups attached to an aromatic ring is 1. The van der Waals surface area contributed by atoms with Crippen LogP contribution < -0.4 is 5.73 Å². The predicted molar refractivity (Wildman–Crippen MR) is 83.9 cm³/mol. The third kappa shape index (κ3) is 2.62. The zero-order valence-corrected chi connectivity index (χ0v) is 13.1. The largest absolute Gasteiger partial charge is 0.383 e. The third-order valence-electron chi connectivity index (χ3n) is 3.61. The Balaban J connectivity index is 2.22. The van der Waals surface area contributed by atoms with Crippen molar-refractivity contribution in [1.29, 1.82) is 0 Å². The van der Waals surface area contributed by atoms with E-state index in [0.717, 1.165) is 0 Å². The summed E-state index contributed by atoms with van der Waals surface area (Å²) in [5.41, 5.74) is 6.56. The molecule has 120 valence electrons. The number of benzene rings is 1. The maximum Gasteiger partial charge on any atom is 0.164 e. The fourth-order valence-corrected chi connectivity index (χ4v) is 2.51. The van der Waals surface area contributed by atoms with Crippen LogP contribution in [0.1, 0.15) is 32.0 Å². The third-order valence-corrected chi connectivity index (χ3v) is 3.61. The second kappa shape index (κ2) is 5.26. The molecule has 0 radical (unpaired) electrons. The van der Waals surface area contributed by atoms with Crippen LogP contribution in [0.15, 0.2) is 24.5 Å². The zero-order chi connectivity index (χ0) is 16.8. The topological polar surface area (TPSA) is 69.6 Å². The first-order valence-electron chi connectivity index (χ1n) is 7.20. The molecule has 0 aliphatic heterocycles. The summed E-state index contributed by atoms with van der Waals surface area (Å²) < 4.78 is 29.6. The number of hydrogen-bond acceptors (Lipinski definition) is 4. The van der Waals surface area contributed by atoms with Gasteiger partial charge in [0.1, 0.15) is 23.8 Å². The standard InChI is InChI=1S/C16H17F2N5/c1-16(2,3)23-15-13(14(19)20-8-21-15)12(22-23)7-9-10(17)5-4-6-11(9)18/h4-6,8H,7H2,1-3H3,(H2,19,20,21). The van der Waals surface area contributed by atoms with Gasteiger partial charge in [0.25, 0.3) is 0 Å². The number of halogens is 2. The number of hydrogen-bond donors (Lipinski definition) is 1. The lowest BCUT2D eigenvalue weighted by Gasteiger charge is -2.19. The summed E-state index contributed by atoms with van der Waals surface area (Å²) in [6.45, 7) is 5.89. The fraction of sp³-hybridized carbons (Fsp3) is 0.312. The highest BCUT2D eigenvalue weighted by Crippen LogP contribution is 2.28. The van der Waals surface area contributed by atoms with Crippen molar-refractivity contribution < 1.29 is 8.78 Å². The van der Waals surface area contributed by atoms with Gasteiger partial charge in [-0.05, 0) is 32.9 Å². The molecule has 0 amide bonds. The van der Waals surface area contributed by atoms with E-state index in [1.165, 1.54) is 24.5 Å². The number of nitrogens with two attached hydrogens (primary N) is 1. The molecule has 3 aromatic rings. The SMILES string of the molecule is CC(C)(C)n1nc(Cc2c(F)cccc2F)c2c(N)ncnc21. The first kappa shape index (κ1) is 15.3. The number of fused-ring (bicyclic) bond motifs is 1. The number of aromatic nitrogens is 4. The number of nitrogens with zero attached hydrogens (tertiary/aromatic N) is 4. The molecule has 2 aromatic heterocycles. The molecule has 1 aromatic carbocycles. The van der Waals surface area contributed by atoms with Gasteiger partial charge in [0.2, 0.25) is 0 Å². The lowest BCUT2D eigenvalue weighted by Crippen LogP contribution is -2.23. The highest BCUT2D eigenvalue weighted by molar-refractivity contribution is 5.88. The van der Waals surface area contributed by atoms with Crippen molar-refractivity contribution in [3.05, 3.63) is 47.4 Å². The van der Waals surface area contributed by atoms with Crippen LogP contribution in [0.25, 0.3) is 11.0 Å². The summed E-state index contributed by atoms with van der Waals surface area (Å²) in [6.07, 6.45) is 1.34. The first-order valence-corrected chi connectivity index (χ1v) is 7.20. The average Bonchev–Trinajstić information content (AvgIpc) is 2.83. The Morgan fingerprint density at radius 2 is 1.78 bits per heavy atom. The minimum Gasteiger partial charge on any atom is -0.383 e. The van der Waals surface area contributed by atoms with Crippen LogP contribution in [0.4, 0.5) is 14.6 Å². The Labute approximate surface area is 132 Å². The molecule has 23 heavy (non-hydrogen) atoms. The number of rotatable bonds is 2. The molecule has 0 saturated heterocycles. The normalized spacial score (nSPS) is 12.0. The molecule has 2 heterocycles. The van der Waals surface area contributed by atoms with Crippen molar-refractivity contribution in [2.45, 2.75) is 32.7 Å². The van der Waals surface area contributed by atoms with Gasteiger partial charge in [-0.1, -0.05) is 6.07 Å². The minimum absolute atomic E-state index is 0.0182. The van der Waals surface area contributed by atoms with Gasteiger partial charge in [-0.2, -0.15) is 5.10 Å². The molecule has 2 N–H and O–H groups in total. The molecule has 0 fully saturated rings. The van der Waals surface area contributed by atoms with E-state index in [-0.39, 0.29) is 23.3 Å². The average molecular weight is 317 g/mol. The van der Waals surface area contributed by atoms with Crippen molar-refractivity contribution in [2.75, 3.05) is 5.73 Å². The molecule has 0 bridgehead atoms. The van der Waals surface area contributed by atoms with E-state index in [0.29, 0.717) is 16.7 Å². The summed E-state index contributed by atoms with van der Waals surface area (Å²) in [6, 6.07) is 3.78. The van der Waals surface area contributed by atoms with Crippen LogP contribution >= 0.6 is 0 Å². The molecule has 0 aliphatic carbocycles. The molecule has 0 unspecified atom stereocenters. The molecule has 0 spiro atoms. The van der Waals surface area contributed by atoms with Crippen LogP contribution in [-0.4, -0.2) is 19.7 Å². The molecule has 0 atom stereocenters. The monoisotopic (exact) mass is 317 g/mol. The summed E-state index contributed by atoms with van der Waals surface area (Å²) in [5.74, 6) is -0.977. The highest BCUT2D eigenvalue weighted by atomic mass is 19.1. The Morgan fingerprint density at radius 1 is 1.13 bits per heavy atom. The van der Waals surface area contributed by atoms with Gasteiger partial charge in [-0.15, -0.1) is 0 Å². The second-order valence-electron chi connectivity index (χ2n) is 6.36. The van der Waals surface area contributed by atoms with E-state index >= 15 is 0 Å². The van der Waals surface area contributed by atoms with Gasteiger partial charge in [-0.3, -0.25) is 0 Å². The minimum atomic E-state index is -0.612. The van der Waals surface area contributed by atoms with Crippen LogP contribution in [0.3, 0.4) is 0 Å². The molecular weight excluding hydrogens is 300 g/mol. The predicted octanol–water partition coefficient (Wildman–Crippen LogP) is 3.03. The maximum absolute atomic E-state index is 13.9. The molecule has 7 heteroatoms. The van der Waals surface area contributed by atoms with Crippen LogP contribution in [0.5, 0.6) is 0 Å². The van der Waals surface area contributed by atoms with Gasteiger partial charge in [0.15, 0.2) is 5.65 Å². The van der Waals surface area contributed by atoms with Crippen LogP contribution in [0, 0.1) is 11.6 Å². The van der Waals surface area contributed by atoms with Gasteiger partial charge < -0.3 is 5.73 Å². The van der Waals surface area contributed by atoms with E-state index in [1.54, 1.807) is 4.68 Å². The van der Waals surface area contributed by atoms with E-state index in [9.17, 15) is 8.78 Å². The lowest BCUT2D eigenvalue weighted by atomic mass is 10.1. The smallest absolute Gasteiger partial charge is 0.164 e. The van der Waals surface area contributed by atoms with E-state index in [2.05, 4.69) is 15.1 Å². The van der Waals surface area contributed by atoms with Crippen LogP contribution in [-0.2, 0) is 12.0 Å². The summed E-state index contributed by atoms with van der Waals surface area (Å²) in [5, 5.41) is 5.03. The van der Waals surface area contributed by atoms with Gasteiger partial charge in [0, 0.05) is 12.0 Å². The van der Waals surface area contributed by atoms with E-state index in [4.69, 9.17) is 5.73 Å². The number of anilines is 1. The quantitative estimate of drug-likeness (QED) is 0.789. The highest BCUT2D eigenvalue weighted by Gasteiger charge is 2.24. The summed E-state index contributed by atoms with van der Waals surface area (Å²) in [4.78, 5) is 8.21. The Hall–Kier alpha value is -2.57. The van der Waals surface area contributed by atoms with Gasteiger partial charge >= 0.3 is 0 Å². The summed E-state index contributed by atoms with van der Waals surface area (Å²) >= 11 is 0. The Kier molecular flexibility index (Phi) is 3.50. The molecule has 5 nitrogen and oxygen atoms in total. The van der Waals surface area contributed by atoms with Crippen LogP contribution in [0.2, 0.25) is 0 Å². The van der Waals surface area contributed by atoms with Crippen molar-refractivity contribution in [2.24, 2.45) is 0 Å². The fourth-order valence-electron chi connectivity index (χ4n) is 2.51. The summed E-state index contributed by atoms with van der Waals surface area (Å²) in [7, 11) is 0. The molecular formula is C16H17F2N5. The maximum atomic E-state index is 13.9. The lowest BCUT2D eigenvalue weighted by molar-refractivity contribution is 0.363. The first-order chi connectivity index (χ1) is 10.8. The molecule has 0 saturated carbocycles. The zero-order valence-electron chi connectivity index (χ0n) is 13.1. The van der Waals surface area contributed by atoms with Crippen molar-refractivity contribution in [1.82, 2.24) is 19.7 Å². The van der Waals surface area contributed by atoms with Gasteiger partial charge in [0.05, 0.1) is 16.6 Å². The van der Waals surface area contributed by atoms with E-state index in [1.807, 2.05) is 20.8 Å². The Morgan fingerprint density at radius 3 is 2.39 bits per heavy atom. The second-order valence-corrected chi connectivity index (χ2v) is 6.36. The van der Waals surface area contributed by atoms with Gasteiger partial charge in [-0.25, -0.2) is 23.4 Å². The van der Waals surface area contributed by atoms with Crippen molar-refractivity contribution in [3.8, 4) is 0 Å².